The van der Waals surface area contributed by atoms with Crippen LogP contribution >= 0.6 is 0 Å². The van der Waals surface area contributed by atoms with Gasteiger partial charge in [-0.05, 0) is 68.8 Å². The fraction of sp³-hybridized carbons (Fsp3) is 0.458. The van der Waals surface area contributed by atoms with Crippen LogP contribution in [-0.2, 0) is 17.8 Å². The second-order valence-electron chi connectivity index (χ2n) is 6.85. The monoisotopic (exact) mass is 398 g/mol. The molecule has 0 atom stereocenters. The number of aryl methyl sites for hydroxylation is 1. The molecule has 1 N–H and O–H groups in total. The molecule has 0 unspecified atom stereocenters. The Balaban J connectivity index is 1.88. The summed E-state index contributed by atoms with van der Waals surface area (Å²) in [5, 5.41) is 2.98. The van der Waals surface area contributed by atoms with E-state index in [2.05, 4.69) is 36.2 Å². The smallest absolute Gasteiger partial charge is 0.224 e. The molecule has 0 aliphatic heterocycles. The maximum absolute atomic E-state index is 12.3. The van der Waals surface area contributed by atoms with Crippen molar-refractivity contribution >= 4 is 11.6 Å². The number of carbonyl (C=O) groups is 1. The zero-order valence-electron chi connectivity index (χ0n) is 18.2. The second-order valence-corrected chi connectivity index (χ2v) is 6.85. The molecule has 0 bridgehead atoms. The van der Waals surface area contributed by atoms with Gasteiger partial charge in [0.1, 0.15) is 0 Å². The summed E-state index contributed by atoms with van der Waals surface area (Å²) in [6.07, 6.45) is 1.07. The van der Waals surface area contributed by atoms with Crippen LogP contribution in [-0.4, -0.2) is 37.1 Å². The van der Waals surface area contributed by atoms with Crippen molar-refractivity contribution in [1.82, 2.24) is 4.90 Å². The molecule has 29 heavy (non-hydrogen) atoms. The van der Waals surface area contributed by atoms with E-state index in [1.165, 1.54) is 5.56 Å². The van der Waals surface area contributed by atoms with Crippen LogP contribution in [0.15, 0.2) is 42.5 Å². The van der Waals surface area contributed by atoms with E-state index < -0.39 is 0 Å². The summed E-state index contributed by atoms with van der Waals surface area (Å²) >= 11 is 0. The lowest BCUT2D eigenvalue weighted by atomic mass is 10.1. The van der Waals surface area contributed by atoms with Crippen molar-refractivity contribution in [3.8, 4) is 11.5 Å². The zero-order chi connectivity index (χ0) is 21.1. The fourth-order valence-electron chi connectivity index (χ4n) is 3.13. The van der Waals surface area contributed by atoms with Crippen LogP contribution in [0.4, 0.5) is 5.69 Å². The predicted octanol–water partition coefficient (Wildman–Crippen LogP) is 4.90. The van der Waals surface area contributed by atoms with Gasteiger partial charge in [0.05, 0.1) is 13.2 Å². The van der Waals surface area contributed by atoms with Gasteiger partial charge in [-0.1, -0.05) is 32.0 Å². The van der Waals surface area contributed by atoms with Gasteiger partial charge in [0, 0.05) is 18.7 Å². The van der Waals surface area contributed by atoms with Crippen molar-refractivity contribution in [2.24, 2.45) is 0 Å². The first-order valence-electron chi connectivity index (χ1n) is 10.6. The third-order valence-electron chi connectivity index (χ3n) is 4.79. The van der Waals surface area contributed by atoms with E-state index in [-0.39, 0.29) is 5.91 Å². The molecule has 0 heterocycles. The topological polar surface area (TPSA) is 50.8 Å². The Labute approximate surface area is 175 Å². The Kier molecular flexibility index (Phi) is 9.51. The molecule has 1 amide bonds. The minimum absolute atomic E-state index is 0.00772. The van der Waals surface area contributed by atoms with Crippen molar-refractivity contribution in [3.63, 3.8) is 0 Å². The number of anilines is 1. The maximum Gasteiger partial charge on any atom is 0.224 e. The van der Waals surface area contributed by atoms with Crippen molar-refractivity contribution in [2.75, 3.05) is 31.6 Å². The average molecular weight is 399 g/mol. The van der Waals surface area contributed by atoms with E-state index in [0.717, 1.165) is 42.4 Å². The first kappa shape index (κ1) is 22.8. The average Bonchev–Trinajstić information content (AvgIpc) is 2.73. The normalized spacial score (nSPS) is 10.8. The molecule has 2 aromatic carbocycles. The molecule has 0 aromatic heterocycles. The number of rotatable bonds is 12. The molecule has 0 saturated heterocycles. The number of hydrogen-bond acceptors (Lipinski definition) is 4. The van der Waals surface area contributed by atoms with Gasteiger partial charge in [-0.15, -0.1) is 0 Å². The Bertz CT molecular complexity index is 755. The molecule has 158 valence electrons. The van der Waals surface area contributed by atoms with Crippen LogP contribution in [0.25, 0.3) is 0 Å². The summed E-state index contributed by atoms with van der Waals surface area (Å²) in [7, 11) is 0. The van der Waals surface area contributed by atoms with E-state index in [0.29, 0.717) is 26.1 Å². The lowest BCUT2D eigenvalue weighted by Crippen LogP contribution is -2.22. The summed E-state index contributed by atoms with van der Waals surface area (Å²) < 4.78 is 11.2. The van der Waals surface area contributed by atoms with Crippen LogP contribution < -0.4 is 14.8 Å². The number of hydrogen-bond donors (Lipinski definition) is 1. The van der Waals surface area contributed by atoms with Crippen molar-refractivity contribution in [3.05, 3.63) is 53.6 Å². The lowest BCUT2D eigenvalue weighted by molar-refractivity contribution is -0.116. The van der Waals surface area contributed by atoms with Crippen molar-refractivity contribution in [2.45, 2.75) is 47.1 Å². The Morgan fingerprint density at radius 2 is 1.48 bits per heavy atom. The number of benzene rings is 2. The van der Waals surface area contributed by atoms with Gasteiger partial charge in [0.25, 0.3) is 0 Å². The molecular weight excluding hydrogens is 364 g/mol. The van der Waals surface area contributed by atoms with Gasteiger partial charge < -0.3 is 14.8 Å². The van der Waals surface area contributed by atoms with E-state index in [1.54, 1.807) is 0 Å². The summed E-state index contributed by atoms with van der Waals surface area (Å²) in [6.45, 7) is 12.4. The molecule has 2 rings (SSSR count). The van der Waals surface area contributed by atoms with Gasteiger partial charge >= 0.3 is 0 Å². The highest BCUT2D eigenvalue weighted by Crippen LogP contribution is 2.29. The first-order valence-corrected chi connectivity index (χ1v) is 10.6. The first-order chi connectivity index (χ1) is 14.1. The van der Waals surface area contributed by atoms with Crippen LogP contribution in [0.3, 0.4) is 0 Å². The highest BCUT2D eigenvalue weighted by molar-refractivity contribution is 5.90. The molecule has 0 aliphatic rings. The Morgan fingerprint density at radius 1 is 0.862 bits per heavy atom. The minimum atomic E-state index is 0.00772. The molecule has 0 fully saturated rings. The van der Waals surface area contributed by atoms with Crippen LogP contribution in [0.5, 0.6) is 11.5 Å². The summed E-state index contributed by atoms with van der Waals surface area (Å²) in [4.78, 5) is 14.7. The van der Waals surface area contributed by atoms with E-state index in [4.69, 9.17) is 9.47 Å². The standard InChI is InChI=1S/C24H34N2O3/c1-5-26(6-2)18-20-9-13-21(14-10-20)25-24(27)16-12-19-11-15-22(28-7-3)23(17-19)29-8-4/h9-11,13-15,17H,5-8,12,16,18H2,1-4H3,(H,25,27). The van der Waals surface area contributed by atoms with Gasteiger partial charge in [-0.25, -0.2) is 0 Å². The van der Waals surface area contributed by atoms with E-state index in [1.807, 2.05) is 44.2 Å². The number of amides is 1. The second kappa shape index (κ2) is 12.1. The molecule has 0 saturated carbocycles. The summed E-state index contributed by atoms with van der Waals surface area (Å²) in [5.41, 5.74) is 3.14. The molecular formula is C24H34N2O3. The molecule has 2 aromatic rings. The van der Waals surface area contributed by atoms with E-state index >= 15 is 0 Å². The lowest BCUT2D eigenvalue weighted by Gasteiger charge is -2.18. The predicted molar refractivity (Wildman–Crippen MR) is 119 cm³/mol. The Morgan fingerprint density at radius 3 is 2.10 bits per heavy atom. The maximum atomic E-state index is 12.3. The Hall–Kier alpha value is -2.53. The quantitative estimate of drug-likeness (QED) is 0.553. The third-order valence-corrected chi connectivity index (χ3v) is 4.79. The van der Waals surface area contributed by atoms with E-state index in [9.17, 15) is 4.79 Å². The summed E-state index contributed by atoms with van der Waals surface area (Å²) in [5.74, 6) is 1.48. The van der Waals surface area contributed by atoms with Gasteiger partial charge in [-0.2, -0.15) is 0 Å². The molecule has 0 spiro atoms. The molecule has 5 heteroatoms. The van der Waals surface area contributed by atoms with Crippen LogP contribution in [0.2, 0.25) is 0 Å². The van der Waals surface area contributed by atoms with Crippen LogP contribution in [0.1, 0.15) is 45.2 Å². The molecule has 0 radical (unpaired) electrons. The zero-order valence-corrected chi connectivity index (χ0v) is 18.2. The summed E-state index contributed by atoms with van der Waals surface area (Å²) in [6, 6.07) is 14.0. The molecule has 5 nitrogen and oxygen atoms in total. The SMILES string of the molecule is CCOc1ccc(CCC(=O)Nc2ccc(CN(CC)CC)cc2)cc1OCC. The van der Waals surface area contributed by atoms with Crippen molar-refractivity contribution in [1.29, 1.82) is 0 Å². The third kappa shape index (κ3) is 7.42. The van der Waals surface area contributed by atoms with Gasteiger partial charge in [0.15, 0.2) is 11.5 Å². The number of carbonyl (C=O) groups excluding carboxylic acids is 1. The fourth-order valence-corrected chi connectivity index (χ4v) is 3.13. The number of ether oxygens (including phenoxy) is 2. The largest absolute Gasteiger partial charge is 0.490 e. The molecule has 0 aliphatic carbocycles. The van der Waals surface area contributed by atoms with Gasteiger partial charge in [-0.3, -0.25) is 9.69 Å². The van der Waals surface area contributed by atoms with Gasteiger partial charge in [0.2, 0.25) is 5.91 Å². The highest BCUT2D eigenvalue weighted by atomic mass is 16.5. The number of nitrogens with one attached hydrogen (secondary N) is 1. The van der Waals surface area contributed by atoms with Crippen LogP contribution in [0, 0.1) is 0 Å². The number of nitrogens with zero attached hydrogens (tertiary/aromatic N) is 1. The van der Waals surface area contributed by atoms with Crippen molar-refractivity contribution < 1.29 is 14.3 Å². The highest BCUT2D eigenvalue weighted by Gasteiger charge is 2.09. The minimum Gasteiger partial charge on any atom is -0.490 e.